The van der Waals surface area contributed by atoms with Crippen molar-refractivity contribution in [2.75, 3.05) is 0 Å². The van der Waals surface area contributed by atoms with E-state index >= 15 is 0 Å². The van der Waals surface area contributed by atoms with Crippen LogP contribution in [-0.4, -0.2) is 19.5 Å². The molecule has 0 spiro atoms. The minimum atomic E-state index is 0.572. The van der Waals surface area contributed by atoms with Crippen LogP contribution in [0.4, 0.5) is 0 Å². The Morgan fingerprint density at radius 1 is 0.290 bits per heavy atom. The van der Waals surface area contributed by atoms with Gasteiger partial charge in [0.1, 0.15) is 22.3 Å². The summed E-state index contributed by atoms with van der Waals surface area (Å²) < 4.78 is 16.0. The summed E-state index contributed by atoms with van der Waals surface area (Å²) in [7, 11) is 0. The zero-order valence-electron chi connectivity index (χ0n) is 37.0. The average molecular weight is 883 g/mol. The number of fused-ring (bicyclic) bond motifs is 9. The minimum Gasteiger partial charge on any atom is -0.456 e. The molecule has 69 heavy (non-hydrogen) atoms. The van der Waals surface area contributed by atoms with Gasteiger partial charge in [-0.2, -0.15) is 0 Å². The van der Waals surface area contributed by atoms with Gasteiger partial charge in [0.2, 0.25) is 0 Å². The highest BCUT2D eigenvalue weighted by atomic mass is 16.3. The van der Waals surface area contributed by atoms with E-state index in [4.69, 9.17) is 23.8 Å². The van der Waals surface area contributed by atoms with Crippen LogP contribution in [0.2, 0.25) is 0 Å². The predicted molar refractivity (Wildman–Crippen MR) is 281 cm³/mol. The molecule has 4 aromatic heterocycles. The van der Waals surface area contributed by atoms with Crippen LogP contribution in [0.5, 0.6) is 0 Å². The Morgan fingerprint density at radius 2 is 0.797 bits per heavy atom. The highest BCUT2D eigenvalue weighted by Gasteiger charge is 2.21. The number of aromatic nitrogens is 4. The first kappa shape index (κ1) is 38.8. The zero-order chi connectivity index (χ0) is 45.4. The van der Waals surface area contributed by atoms with E-state index in [1.807, 2.05) is 42.5 Å². The lowest BCUT2D eigenvalue weighted by Crippen LogP contribution is -2.00. The lowest BCUT2D eigenvalue weighted by Gasteiger charge is -2.10. The highest BCUT2D eigenvalue weighted by molar-refractivity contribution is 6.17. The van der Waals surface area contributed by atoms with E-state index in [0.717, 1.165) is 99.5 Å². The lowest BCUT2D eigenvalue weighted by molar-refractivity contribution is 0.668. The third-order valence-corrected chi connectivity index (χ3v) is 13.5. The van der Waals surface area contributed by atoms with Crippen molar-refractivity contribution in [2.24, 2.45) is 0 Å². The Balaban J connectivity index is 0.858. The number of hydrogen-bond donors (Lipinski definition) is 0. The van der Waals surface area contributed by atoms with Crippen molar-refractivity contribution in [1.82, 2.24) is 19.5 Å². The fraction of sp³-hybridized carbons (Fsp3) is 0. The monoisotopic (exact) mass is 882 g/mol. The first-order chi connectivity index (χ1) is 34.2. The molecule has 0 aliphatic rings. The molecule has 6 heteroatoms. The number of rotatable bonds is 7. The molecule has 14 rings (SSSR count). The molecule has 0 aliphatic heterocycles. The Morgan fingerprint density at radius 3 is 1.52 bits per heavy atom. The predicted octanol–water partition coefficient (Wildman–Crippen LogP) is 16.8. The Bertz CT molecular complexity index is 4290. The van der Waals surface area contributed by atoms with Gasteiger partial charge in [-0.15, -0.1) is 0 Å². The van der Waals surface area contributed by atoms with Gasteiger partial charge in [0, 0.05) is 49.2 Å². The van der Waals surface area contributed by atoms with Crippen LogP contribution in [0.1, 0.15) is 0 Å². The molecule has 4 heterocycles. The number of para-hydroxylation sites is 2. The van der Waals surface area contributed by atoms with Crippen LogP contribution in [0.25, 0.3) is 139 Å². The fourth-order valence-corrected chi connectivity index (χ4v) is 10.2. The third kappa shape index (κ3) is 6.45. The first-order valence-corrected chi connectivity index (χ1v) is 23.2. The zero-order valence-corrected chi connectivity index (χ0v) is 37.0. The minimum absolute atomic E-state index is 0.572. The van der Waals surface area contributed by atoms with Crippen molar-refractivity contribution in [2.45, 2.75) is 0 Å². The van der Waals surface area contributed by atoms with E-state index in [1.165, 1.54) is 21.9 Å². The molecule has 0 unspecified atom stereocenters. The van der Waals surface area contributed by atoms with Gasteiger partial charge in [-0.3, -0.25) is 0 Å². The van der Waals surface area contributed by atoms with Crippen LogP contribution in [0.15, 0.2) is 239 Å². The van der Waals surface area contributed by atoms with E-state index in [0.29, 0.717) is 17.5 Å². The van der Waals surface area contributed by atoms with Gasteiger partial charge in [-0.1, -0.05) is 176 Å². The van der Waals surface area contributed by atoms with Crippen LogP contribution >= 0.6 is 0 Å². The van der Waals surface area contributed by atoms with Crippen molar-refractivity contribution in [1.29, 1.82) is 0 Å². The molecule has 0 radical (unpaired) electrons. The second kappa shape index (κ2) is 15.6. The van der Waals surface area contributed by atoms with Crippen LogP contribution < -0.4 is 0 Å². The maximum absolute atomic E-state index is 6.86. The van der Waals surface area contributed by atoms with Crippen LogP contribution in [-0.2, 0) is 0 Å². The summed E-state index contributed by atoms with van der Waals surface area (Å²) in [6, 6.07) is 80.4. The normalized spacial score (nSPS) is 11.8. The van der Waals surface area contributed by atoms with Gasteiger partial charge in [0.25, 0.3) is 0 Å². The topological polar surface area (TPSA) is 69.9 Å². The number of nitrogens with zero attached hydrogens (tertiary/aromatic N) is 4. The van der Waals surface area contributed by atoms with Crippen molar-refractivity contribution in [3.05, 3.63) is 231 Å². The van der Waals surface area contributed by atoms with Gasteiger partial charge in [0.05, 0.1) is 22.1 Å². The van der Waals surface area contributed by atoms with Gasteiger partial charge < -0.3 is 13.4 Å². The molecule has 322 valence electrons. The summed E-state index contributed by atoms with van der Waals surface area (Å²) in [5.41, 5.74) is 15.9. The van der Waals surface area contributed by atoms with E-state index < -0.39 is 0 Å². The summed E-state index contributed by atoms with van der Waals surface area (Å²) in [5, 5.41) is 6.59. The lowest BCUT2D eigenvalue weighted by atomic mass is 10.0. The Labute approximate surface area is 396 Å². The highest BCUT2D eigenvalue weighted by Crippen LogP contribution is 2.43. The van der Waals surface area contributed by atoms with Gasteiger partial charge >= 0.3 is 0 Å². The molecule has 0 amide bonds. The number of hydrogen-bond acceptors (Lipinski definition) is 5. The molecule has 0 fully saturated rings. The molecule has 0 atom stereocenters. The summed E-state index contributed by atoms with van der Waals surface area (Å²) in [6.45, 7) is 0. The van der Waals surface area contributed by atoms with Gasteiger partial charge in [-0.25, -0.2) is 15.0 Å². The Kier molecular flexibility index (Phi) is 8.79. The van der Waals surface area contributed by atoms with E-state index in [2.05, 4.69) is 193 Å². The molecule has 0 bridgehead atoms. The van der Waals surface area contributed by atoms with Crippen LogP contribution in [0, 0.1) is 0 Å². The first-order valence-electron chi connectivity index (χ1n) is 23.2. The molecule has 10 aromatic carbocycles. The second-order valence-electron chi connectivity index (χ2n) is 17.5. The number of furan rings is 2. The summed E-state index contributed by atoms with van der Waals surface area (Å²) in [5.74, 6) is 1.78. The molecule has 6 nitrogen and oxygen atoms in total. The van der Waals surface area contributed by atoms with Crippen molar-refractivity contribution in [3.8, 4) is 73.2 Å². The average Bonchev–Trinajstić information content (AvgIpc) is 4.10. The second-order valence-corrected chi connectivity index (χ2v) is 17.5. The molecular formula is C63H38N4O2. The van der Waals surface area contributed by atoms with E-state index in [-0.39, 0.29) is 0 Å². The van der Waals surface area contributed by atoms with Crippen LogP contribution in [0.3, 0.4) is 0 Å². The summed E-state index contributed by atoms with van der Waals surface area (Å²) in [4.78, 5) is 15.0. The standard InChI is InChI=1S/C63H38N4O2/c1-4-14-39(15-5-1)41-26-28-43(29-27-41)62-64-61(42-18-8-3-9-19-42)65-63(66-62)46-31-34-50-49-33-30-45(37-57(49)68-58(50)38-46)47-21-12-22-51-59-55(24-13-25-56(59)69-60(47)51)67-53-23-11-10-20-48(53)52-36-44(32-35-54(52)67)40-16-6-2-7-17-40/h1-38H. The van der Waals surface area contributed by atoms with E-state index in [1.54, 1.807) is 0 Å². The van der Waals surface area contributed by atoms with Gasteiger partial charge in [0.15, 0.2) is 17.5 Å². The largest absolute Gasteiger partial charge is 0.456 e. The summed E-state index contributed by atoms with van der Waals surface area (Å²) >= 11 is 0. The molecule has 0 saturated heterocycles. The SMILES string of the molecule is c1ccc(-c2ccc(-c3nc(-c4ccccc4)nc(-c4ccc5c(c4)oc4cc(-c6cccc7c6oc6cccc(-n8c9ccccc9c9cc(-c%10ccccc%10)ccc98)c67)ccc45)n3)cc2)cc1. The quantitative estimate of drug-likeness (QED) is 0.159. The molecule has 0 N–H and O–H groups in total. The maximum Gasteiger partial charge on any atom is 0.164 e. The Hall–Kier alpha value is -9.39. The van der Waals surface area contributed by atoms with E-state index in [9.17, 15) is 0 Å². The van der Waals surface area contributed by atoms with Gasteiger partial charge in [-0.05, 0) is 82.4 Å². The fourth-order valence-electron chi connectivity index (χ4n) is 10.2. The molecule has 14 aromatic rings. The number of benzene rings is 10. The maximum atomic E-state index is 6.86. The molecule has 0 saturated carbocycles. The van der Waals surface area contributed by atoms with Crippen molar-refractivity contribution in [3.63, 3.8) is 0 Å². The molecule has 0 aliphatic carbocycles. The third-order valence-electron chi connectivity index (χ3n) is 13.5. The van der Waals surface area contributed by atoms with Crippen molar-refractivity contribution >= 4 is 65.7 Å². The summed E-state index contributed by atoms with van der Waals surface area (Å²) in [6.07, 6.45) is 0. The smallest absolute Gasteiger partial charge is 0.164 e. The molecular weight excluding hydrogens is 845 g/mol. The van der Waals surface area contributed by atoms with Crippen molar-refractivity contribution < 1.29 is 8.83 Å².